The molecule has 1 amide bonds. The molecule has 2 aliphatic rings. The lowest BCUT2D eigenvalue weighted by Crippen LogP contribution is -2.40. The Labute approximate surface area is 151 Å². The number of hydrogen-bond acceptors (Lipinski definition) is 4. The summed E-state index contributed by atoms with van der Waals surface area (Å²) in [6.07, 6.45) is 4.47. The summed E-state index contributed by atoms with van der Waals surface area (Å²) in [7, 11) is 0. The zero-order valence-corrected chi connectivity index (χ0v) is 15.1. The SMILES string of the molecule is Cc1nc(-c2cccc(NC(=O)C3CC4CCCC(C3)C4=O)c2)cs1. The molecule has 130 valence electrons. The van der Waals surface area contributed by atoms with E-state index in [1.807, 2.05) is 36.6 Å². The molecule has 5 heteroatoms. The molecule has 2 unspecified atom stereocenters. The summed E-state index contributed by atoms with van der Waals surface area (Å²) in [5, 5.41) is 6.12. The number of thiazole rings is 1. The lowest BCUT2D eigenvalue weighted by molar-refractivity contribution is -0.136. The van der Waals surface area contributed by atoms with Gasteiger partial charge in [0.25, 0.3) is 0 Å². The van der Waals surface area contributed by atoms with Gasteiger partial charge in [-0.2, -0.15) is 0 Å². The monoisotopic (exact) mass is 354 g/mol. The molecule has 2 atom stereocenters. The quantitative estimate of drug-likeness (QED) is 0.886. The fourth-order valence-corrected chi connectivity index (χ4v) is 4.81. The van der Waals surface area contributed by atoms with Crippen molar-refractivity contribution in [2.45, 2.75) is 39.0 Å². The van der Waals surface area contributed by atoms with E-state index in [9.17, 15) is 9.59 Å². The third-order valence-electron chi connectivity index (χ3n) is 5.46. The van der Waals surface area contributed by atoms with Crippen LogP contribution in [0, 0.1) is 24.7 Å². The van der Waals surface area contributed by atoms with E-state index >= 15 is 0 Å². The first-order valence-electron chi connectivity index (χ1n) is 8.97. The third-order valence-corrected chi connectivity index (χ3v) is 6.24. The smallest absolute Gasteiger partial charge is 0.227 e. The van der Waals surface area contributed by atoms with Crippen molar-refractivity contribution in [1.82, 2.24) is 4.98 Å². The molecule has 0 saturated heterocycles. The molecule has 1 N–H and O–H groups in total. The van der Waals surface area contributed by atoms with Gasteiger partial charge in [0.2, 0.25) is 5.91 Å². The first kappa shape index (κ1) is 16.5. The number of hydrogen-bond donors (Lipinski definition) is 1. The molecular weight excluding hydrogens is 332 g/mol. The van der Waals surface area contributed by atoms with Gasteiger partial charge < -0.3 is 5.32 Å². The van der Waals surface area contributed by atoms with Crippen LogP contribution in [0.25, 0.3) is 11.3 Å². The van der Waals surface area contributed by atoms with Gasteiger partial charge in [-0.1, -0.05) is 18.6 Å². The van der Waals surface area contributed by atoms with Crippen LogP contribution in [-0.4, -0.2) is 16.7 Å². The standard InChI is InChI=1S/C20H22N2O2S/c1-12-21-18(11-25-12)13-4-3-7-17(10-13)22-20(24)16-8-14-5-2-6-15(9-16)19(14)23/h3-4,7,10-11,14-16H,2,5-6,8-9H2,1H3,(H,22,24). The number of carbonyl (C=O) groups is 2. The lowest BCUT2D eigenvalue weighted by atomic mass is 9.67. The van der Waals surface area contributed by atoms with Crippen LogP contribution < -0.4 is 5.32 Å². The van der Waals surface area contributed by atoms with Gasteiger partial charge >= 0.3 is 0 Å². The van der Waals surface area contributed by atoms with Gasteiger partial charge in [-0.3, -0.25) is 9.59 Å². The zero-order valence-electron chi connectivity index (χ0n) is 14.3. The van der Waals surface area contributed by atoms with Crippen molar-refractivity contribution >= 4 is 28.7 Å². The van der Waals surface area contributed by atoms with Crippen molar-refractivity contribution in [3.8, 4) is 11.3 Å². The maximum absolute atomic E-state index is 12.7. The Balaban J connectivity index is 1.47. The third kappa shape index (κ3) is 3.38. The van der Waals surface area contributed by atoms with Gasteiger partial charge in [0.1, 0.15) is 5.78 Å². The van der Waals surface area contributed by atoms with Crippen molar-refractivity contribution in [1.29, 1.82) is 0 Å². The number of aromatic nitrogens is 1. The number of aryl methyl sites for hydroxylation is 1. The molecule has 2 aromatic rings. The van der Waals surface area contributed by atoms with Gasteiger partial charge in [-0.05, 0) is 44.7 Å². The van der Waals surface area contributed by atoms with Crippen LogP contribution in [0.3, 0.4) is 0 Å². The van der Waals surface area contributed by atoms with Crippen LogP contribution in [0.4, 0.5) is 5.69 Å². The molecule has 1 aromatic heterocycles. The van der Waals surface area contributed by atoms with Crippen molar-refractivity contribution in [2.24, 2.45) is 17.8 Å². The summed E-state index contributed by atoms with van der Waals surface area (Å²) in [5.41, 5.74) is 2.75. The number of nitrogens with one attached hydrogen (secondary N) is 1. The van der Waals surface area contributed by atoms with Crippen molar-refractivity contribution in [3.63, 3.8) is 0 Å². The van der Waals surface area contributed by atoms with Crippen LogP contribution >= 0.6 is 11.3 Å². The summed E-state index contributed by atoms with van der Waals surface area (Å²) >= 11 is 1.62. The molecule has 2 bridgehead atoms. The van der Waals surface area contributed by atoms with Crippen LogP contribution in [0.2, 0.25) is 0 Å². The molecular formula is C20H22N2O2S. The van der Waals surface area contributed by atoms with Gasteiger partial charge in [0.05, 0.1) is 10.7 Å². The maximum Gasteiger partial charge on any atom is 0.227 e. The molecule has 0 aliphatic heterocycles. The highest BCUT2D eigenvalue weighted by Crippen LogP contribution is 2.40. The van der Waals surface area contributed by atoms with Crippen LogP contribution in [-0.2, 0) is 9.59 Å². The van der Waals surface area contributed by atoms with Gasteiger partial charge in [-0.15, -0.1) is 11.3 Å². The zero-order chi connectivity index (χ0) is 17.4. The number of carbonyl (C=O) groups excluding carboxylic acids is 2. The minimum Gasteiger partial charge on any atom is -0.326 e. The predicted molar refractivity (Wildman–Crippen MR) is 99.5 cm³/mol. The Kier molecular flexibility index (Phi) is 4.42. The molecule has 4 rings (SSSR count). The molecule has 1 heterocycles. The molecule has 0 spiro atoms. The van der Waals surface area contributed by atoms with Crippen molar-refractivity contribution < 1.29 is 9.59 Å². The van der Waals surface area contributed by atoms with E-state index in [0.717, 1.165) is 41.2 Å². The fraction of sp³-hybridized carbons (Fsp3) is 0.450. The average molecular weight is 354 g/mol. The largest absolute Gasteiger partial charge is 0.326 e. The van der Waals surface area contributed by atoms with E-state index in [4.69, 9.17) is 0 Å². The van der Waals surface area contributed by atoms with Gasteiger partial charge in [-0.25, -0.2) is 4.98 Å². The fourth-order valence-electron chi connectivity index (χ4n) is 4.19. The normalized spacial score (nSPS) is 25.6. The van der Waals surface area contributed by atoms with E-state index in [1.54, 1.807) is 11.3 Å². The number of amides is 1. The summed E-state index contributed by atoms with van der Waals surface area (Å²) in [6, 6.07) is 7.84. The summed E-state index contributed by atoms with van der Waals surface area (Å²) < 4.78 is 0. The highest BCUT2D eigenvalue weighted by atomic mass is 32.1. The molecule has 2 fully saturated rings. The number of Topliss-reactive ketones (excluding diaryl/α,β-unsaturated/α-hetero) is 1. The first-order valence-corrected chi connectivity index (χ1v) is 9.85. The molecule has 4 nitrogen and oxygen atoms in total. The minimum atomic E-state index is -0.0434. The van der Waals surface area contributed by atoms with Crippen LogP contribution in [0.1, 0.15) is 37.1 Å². The lowest BCUT2D eigenvalue weighted by Gasteiger charge is -2.36. The summed E-state index contributed by atoms with van der Waals surface area (Å²) in [4.78, 5) is 29.4. The predicted octanol–water partition coefficient (Wildman–Crippen LogP) is 4.45. The average Bonchev–Trinajstić information content (AvgIpc) is 3.01. The van der Waals surface area contributed by atoms with E-state index < -0.39 is 0 Å². The van der Waals surface area contributed by atoms with Crippen LogP contribution in [0.5, 0.6) is 0 Å². The summed E-state index contributed by atoms with van der Waals surface area (Å²) in [6.45, 7) is 1.99. The van der Waals surface area contributed by atoms with Gasteiger partial charge in [0.15, 0.2) is 0 Å². The van der Waals surface area contributed by atoms with Crippen molar-refractivity contribution in [3.05, 3.63) is 34.7 Å². The first-order chi connectivity index (χ1) is 12.1. The molecule has 25 heavy (non-hydrogen) atoms. The van der Waals surface area contributed by atoms with E-state index in [-0.39, 0.29) is 23.7 Å². The second-order valence-corrected chi connectivity index (χ2v) is 8.28. The second-order valence-electron chi connectivity index (χ2n) is 7.22. The topological polar surface area (TPSA) is 59.1 Å². The van der Waals surface area contributed by atoms with E-state index in [2.05, 4.69) is 10.3 Å². The number of ketones is 1. The second kappa shape index (κ2) is 6.71. The molecule has 2 saturated carbocycles. The maximum atomic E-state index is 12.7. The number of nitrogens with zero attached hydrogens (tertiary/aromatic N) is 1. The Morgan fingerprint density at radius 2 is 2.00 bits per heavy atom. The molecule has 0 radical (unpaired) electrons. The van der Waals surface area contributed by atoms with E-state index in [0.29, 0.717) is 18.6 Å². The minimum absolute atomic E-state index is 0.0434. The van der Waals surface area contributed by atoms with Crippen LogP contribution in [0.15, 0.2) is 29.6 Å². The van der Waals surface area contributed by atoms with Crippen molar-refractivity contribution in [2.75, 3.05) is 5.32 Å². The number of fused-ring (bicyclic) bond motifs is 2. The number of anilines is 1. The summed E-state index contributed by atoms with van der Waals surface area (Å²) in [5.74, 6) is 0.616. The van der Waals surface area contributed by atoms with Gasteiger partial charge in [0, 0.05) is 34.4 Å². The highest BCUT2D eigenvalue weighted by molar-refractivity contribution is 7.09. The number of rotatable bonds is 3. The molecule has 2 aliphatic carbocycles. The van der Waals surface area contributed by atoms with E-state index in [1.165, 1.54) is 0 Å². The Morgan fingerprint density at radius 3 is 2.68 bits per heavy atom. The molecule has 1 aromatic carbocycles. The highest BCUT2D eigenvalue weighted by Gasteiger charge is 2.41. The Hall–Kier alpha value is -2.01. The Bertz CT molecular complexity index is 798. The number of benzene rings is 1. The Morgan fingerprint density at radius 1 is 1.24 bits per heavy atom.